The second kappa shape index (κ2) is 7.67. The van der Waals surface area contributed by atoms with E-state index in [1.807, 2.05) is 12.1 Å². The number of benzene rings is 1. The zero-order chi connectivity index (χ0) is 15.1. The third-order valence-corrected chi connectivity index (χ3v) is 3.10. The molecule has 5 nitrogen and oxygen atoms in total. The highest BCUT2D eigenvalue weighted by molar-refractivity contribution is 5.79. The molecule has 0 aliphatic heterocycles. The van der Waals surface area contributed by atoms with Gasteiger partial charge in [0, 0.05) is 5.69 Å². The molecule has 114 valence electrons. The highest BCUT2D eigenvalue weighted by Gasteiger charge is 2.12. The van der Waals surface area contributed by atoms with Crippen molar-refractivity contribution in [2.24, 2.45) is 0 Å². The summed E-state index contributed by atoms with van der Waals surface area (Å²) in [6.07, 6.45) is 4.10. The first kappa shape index (κ1) is 15.4. The lowest BCUT2D eigenvalue weighted by atomic mass is 10.2. The Bertz CT molecular complexity index is 587. The zero-order valence-electron chi connectivity index (χ0n) is 12.8. The summed E-state index contributed by atoms with van der Waals surface area (Å²) in [5, 5.41) is 0. The molecule has 1 aromatic heterocycles. The van der Waals surface area contributed by atoms with E-state index >= 15 is 0 Å². The Balaban J connectivity index is 2.27. The predicted molar refractivity (Wildman–Crippen MR) is 84.8 cm³/mol. The first-order valence-electron chi connectivity index (χ1n) is 7.57. The molecule has 1 heterocycles. The quantitative estimate of drug-likeness (QED) is 0.594. The van der Waals surface area contributed by atoms with Crippen LogP contribution in [0.2, 0.25) is 0 Å². The topological polar surface area (TPSA) is 70.3 Å². The number of ether oxygens (including phenoxy) is 2. The van der Waals surface area contributed by atoms with Crippen molar-refractivity contribution in [1.82, 2.24) is 9.97 Å². The van der Waals surface area contributed by atoms with Crippen LogP contribution in [0.25, 0.3) is 11.0 Å². The van der Waals surface area contributed by atoms with Crippen LogP contribution >= 0.6 is 0 Å². The van der Waals surface area contributed by atoms with Gasteiger partial charge in [-0.3, -0.25) is 0 Å². The van der Waals surface area contributed by atoms with Gasteiger partial charge in [-0.15, -0.1) is 0 Å². The van der Waals surface area contributed by atoms with E-state index < -0.39 is 0 Å². The number of nitrogens with zero attached hydrogens (tertiary/aromatic N) is 2. The van der Waals surface area contributed by atoms with E-state index in [0.29, 0.717) is 30.7 Å². The van der Waals surface area contributed by atoms with Gasteiger partial charge in [0.05, 0.1) is 24.2 Å². The molecule has 0 saturated carbocycles. The van der Waals surface area contributed by atoms with Gasteiger partial charge in [-0.2, -0.15) is 0 Å². The lowest BCUT2D eigenvalue weighted by molar-refractivity contribution is 0.247. The number of hydrogen-bond donors (Lipinski definition) is 1. The molecule has 0 spiro atoms. The first-order valence-corrected chi connectivity index (χ1v) is 7.57. The minimum absolute atomic E-state index is 0.456. The average Bonchev–Trinajstić information content (AvgIpc) is 2.48. The summed E-state index contributed by atoms with van der Waals surface area (Å²) in [6, 6.07) is 5.45. The standard InChI is InChI=1S/C16H23N3O2/c1-3-5-9-20-15-16(21-10-6-4-2)19-14-11-12(17)7-8-13(14)18-15/h7-8,11H,3-6,9-10,17H2,1-2H3. The van der Waals surface area contributed by atoms with Gasteiger partial charge >= 0.3 is 0 Å². The molecule has 21 heavy (non-hydrogen) atoms. The van der Waals surface area contributed by atoms with E-state index in [2.05, 4.69) is 23.8 Å². The molecule has 0 bridgehead atoms. The van der Waals surface area contributed by atoms with Crippen LogP contribution in [-0.2, 0) is 0 Å². The van der Waals surface area contributed by atoms with Gasteiger partial charge in [0.25, 0.3) is 11.8 Å². The van der Waals surface area contributed by atoms with Crippen molar-refractivity contribution < 1.29 is 9.47 Å². The number of aromatic nitrogens is 2. The van der Waals surface area contributed by atoms with Crippen LogP contribution < -0.4 is 15.2 Å². The molecule has 2 aromatic rings. The van der Waals surface area contributed by atoms with Crippen LogP contribution in [0, 0.1) is 0 Å². The van der Waals surface area contributed by atoms with E-state index in [4.69, 9.17) is 15.2 Å². The Morgan fingerprint density at radius 1 is 0.905 bits per heavy atom. The summed E-state index contributed by atoms with van der Waals surface area (Å²) in [5.41, 5.74) is 7.94. The van der Waals surface area contributed by atoms with Crippen molar-refractivity contribution in [2.75, 3.05) is 18.9 Å². The lowest BCUT2D eigenvalue weighted by Crippen LogP contribution is -2.06. The monoisotopic (exact) mass is 289 g/mol. The van der Waals surface area contributed by atoms with Gasteiger partial charge in [-0.05, 0) is 31.0 Å². The summed E-state index contributed by atoms with van der Waals surface area (Å²) in [6.45, 7) is 5.48. The van der Waals surface area contributed by atoms with Gasteiger partial charge in [-0.25, -0.2) is 9.97 Å². The van der Waals surface area contributed by atoms with Gasteiger partial charge in [0.15, 0.2) is 0 Å². The van der Waals surface area contributed by atoms with Crippen molar-refractivity contribution in [1.29, 1.82) is 0 Å². The Labute approximate surface area is 125 Å². The van der Waals surface area contributed by atoms with Crippen molar-refractivity contribution >= 4 is 16.7 Å². The third-order valence-electron chi connectivity index (χ3n) is 3.10. The van der Waals surface area contributed by atoms with Crippen molar-refractivity contribution in [3.8, 4) is 11.8 Å². The predicted octanol–water partition coefficient (Wildman–Crippen LogP) is 3.57. The van der Waals surface area contributed by atoms with Gasteiger partial charge in [0.1, 0.15) is 0 Å². The Morgan fingerprint density at radius 3 is 2.05 bits per heavy atom. The van der Waals surface area contributed by atoms with Crippen molar-refractivity contribution in [2.45, 2.75) is 39.5 Å². The largest absolute Gasteiger partial charge is 0.474 e. The Morgan fingerprint density at radius 2 is 1.48 bits per heavy atom. The minimum atomic E-state index is 0.456. The maximum atomic E-state index is 5.79. The molecular formula is C16H23N3O2. The summed E-state index contributed by atoms with van der Waals surface area (Å²) in [7, 11) is 0. The molecule has 1 aromatic carbocycles. The van der Waals surface area contributed by atoms with Crippen LogP contribution in [-0.4, -0.2) is 23.2 Å². The second-order valence-electron chi connectivity index (χ2n) is 4.99. The van der Waals surface area contributed by atoms with Crippen molar-refractivity contribution in [3.05, 3.63) is 18.2 Å². The molecule has 0 aliphatic rings. The fraction of sp³-hybridized carbons (Fsp3) is 0.500. The van der Waals surface area contributed by atoms with Gasteiger partial charge in [-0.1, -0.05) is 26.7 Å². The SMILES string of the molecule is CCCCOc1nc2ccc(N)cc2nc1OCCCC. The Kier molecular flexibility index (Phi) is 5.60. The van der Waals surface area contributed by atoms with E-state index in [1.165, 1.54) is 0 Å². The number of anilines is 1. The molecule has 0 atom stereocenters. The van der Waals surface area contributed by atoms with Crippen LogP contribution in [0.5, 0.6) is 11.8 Å². The molecule has 0 saturated heterocycles. The molecule has 0 unspecified atom stereocenters. The number of hydrogen-bond acceptors (Lipinski definition) is 5. The fourth-order valence-electron chi connectivity index (χ4n) is 1.85. The summed E-state index contributed by atoms with van der Waals surface area (Å²) >= 11 is 0. The van der Waals surface area contributed by atoms with E-state index in [1.54, 1.807) is 6.07 Å². The normalized spacial score (nSPS) is 10.8. The molecule has 0 amide bonds. The molecule has 0 fully saturated rings. The highest BCUT2D eigenvalue weighted by Crippen LogP contribution is 2.27. The fourth-order valence-corrected chi connectivity index (χ4v) is 1.85. The van der Waals surface area contributed by atoms with Gasteiger partial charge in [0.2, 0.25) is 0 Å². The van der Waals surface area contributed by atoms with E-state index in [-0.39, 0.29) is 0 Å². The number of unbranched alkanes of at least 4 members (excludes halogenated alkanes) is 2. The van der Waals surface area contributed by atoms with E-state index in [9.17, 15) is 0 Å². The first-order chi connectivity index (χ1) is 10.2. The second-order valence-corrected chi connectivity index (χ2v) is 4.99. The van der Waals surface area contributed by atoms with Gasteiger partial charge < -0.3 is 15.2 Å². The van der Waals surface area contributed by atoms with E-state index in [0.717, 1.165) is 36.7 Å². The number of nitrogen functional groups attached to an aromatic ring is 1. The molecule has 5 heteroatoms. The third kappa shape index (κ3) is 4.21. The number of fused-ring (bicyclic) bond motifs is 1. The Hall–Kier alpha value is -2.04. The molecule has 0 radical (unpaired) electrons. The maximum Gasteiger partial charge on any atom is 0.278 e. The summed E-state index contributed by atoms with van der Waals surface area (Å²) < 4.78 is 11.4. The average molecular weight is 289 g/mol. The molecule has 2 rings (SSSR count). The lowest BCUT2D eigenvalue weighted by Gasteiger charge is -2.11. The number of rotatable bonds is 8. The summed E-state index contributed by atoms with van der Waals surface area (Å²) in [4.78, 5) is 9.00. The van der Waals surface area contributed by atoms with Crippen LogP contribution in [0.3, 0.4) is 0 Å². The summed E-state index contributed by atoms with van der Waals surface area (Å²) in [5.74, 6) is 0.925. The van der Waals surface area contributed by atoms with Crippen LogP contribution in [0.15, 0.2) is 18.2 Å². The zero-order valence-corrected chi connectivity index (χ0v) is 12.8. The maximum absolute atomic E-state index is 5.79. The molecular weight excluding hydrogens is 266 g/mol. The minimum Gasteiger partial charge on any atom is -0.474 e. The molecule has 0 aliphatic carbocycles. The molecule has 2 N–H and O–H groups in total. The smallest absolute Gasteiger partial charge is 0.278 e. The van der Waals surface area contributed by atoms with Crippen molar-refractivity contribution in [3.63, 3.8) is 0 Å². The highest BCUT2D eigenvalue weighted by atomic mass is 16.5. The van der Waals surface area contributed by atoms with Crippen LogP contribution in [0.4, 0.5) is 5.69 Å². The number of nitrogens with two attached hydrogens (primary N) is 1. The van der Waals surface area contributed by atoms with Crippen LogP contribution in [0.1, 0.15) is 39.5 Å².